The Morgan fingerprint density at radius 2 is 2.00 bits per heavy atom. The van der Waals surface area contributed by atoms with Crippen molar-refractivity contribution in [1.82, 2.24) is 10.1 Å². The van der Waals surface area contributed by atoms with Crippen LogP contribution in [0.2, 0.25) is 0 Å². The van der Waals surface area contributed by atoms with Gasteiger partial charge in [0.05, 0.1) is 6.04 Å². The summed E-state index contributed by atoms with van der Waals surface area (Å²) in [5.74, 6) is 0.654. The summed E-state index contributed by atoms with van der Waals surface area (Å²) in [6.45, 7) is 5.65. The second-order valence-electron chi connectivity index (χ2n) is 4.69. The Morgan fingerprint density at radius 1 is 1.32 bits per heavy atom. The maximum absolute atomic E-state index is 13.4. The number of rotatable bonds is 3. The lowest BCUT2D eigenvalue weighted by Crippen LogP contribution is -2.16. The quantitative estimate of drug-likeness (QED) is 0.940. The number of benzene rings is 1. The third kappa shape index (κ3) is 3.30. The van der Waals surface area contributed by atoms with Gasteiger partial charge in [0.1, 0.15) is 5.82 Å². The van der Waals surface area contributed by atoms with Gasteiger partial charge in [-0.2, -0.15) is 4.98 Å². The molecule has 0 aliphatic carbocycles. The minimum absolute atomic E-state index is 0. The smallest absolute Gasteiger partial charge is 0.244 e. The van der Waals surface area contributed by atoms with Crippen LogP contribution in [0, 0.1) is 18.7 Å². The number of hydrogen-bond acceptors (Lipinski definition) is 4. The van der Waals surface area contributed by atoms with Gasteiger partial charge in [-0.25, -0.2) is 4.39 Å². The predicted octanol–water partition coefficient (Wildman–Crippen LogP) is 3.26. The summed E-state index contributed by atoms with van der Waals surface area (Å²) in [6.07, 6.45) is 0. The molecule has 0 aliphatic heterocycles. The number of halogens is 2. The number of nitrogens with zero attached hydrogens (tertiary/aromatic N) is 2. The van der Waals surface area contributed by atoms with Crippen molar-refractivity contribution in [1.29, 1.82) is 0 Å². The van der Waals surface area contributed by atoms with Crippen molar-refractivity contribution in [2.75, 3.05) is 0 Å². The summed E-state index contributed by atoms with van der Waals surface area (Å²) in [6, 6.07) is 4.53. The van der Waals surface area contributed by atoms with Crippen molar-refractivity contribution in [3.05, 3.63) is 35.5 Å². The van der Waals surface area contributed by atoms with Crippen LogP contribution in [0.1, 0.15) is 31.3 Å². The average Bonchev–Trinajstić information content (AvgIpc) is 2.81. The summed E-state index contributed by atoms with van der Waals surface area (Å²) in [7, 11) is 0. The lowest BCUT2D eigenvalue weighted by Gasteiger charge is -2.09. The van der Waals surface area contributed by atoms with Crippen LogP contribution >= 0.6 is 12.4 Å². The average molecular weight is 286 g/mol. The number of aromatic nitrogens is 2. The van der Waals surface area contributed by atoms with E-state index in [1.807, 2.05) is 13.8 Å². The van der Waals surface area contributed by atoms with E-state index in [1.54, 1.807) is 19.1 Å². The van der Waals surface area contributed by atoms with Crippen molar-refractivity contribution < 1.29 is 8.91 Å². The van der Waals surface area contributed by atoms with Crippen molar-refractivity contribution in [2.45, 2.75) is 26.8 Å². The second-order valence-corrected chi connectivity index (χ2v) is 4.69. The Morgan fingerprint density at radius 3 is 2.58 bits per heavy atom. The Balaban J connectivity index is 0.00000180. The molecule has 0 amide bonds. The summed E-state index contributed by atoms with van der Waals surface area (Å²) < 4.78 is 18.6. The fraction of sp³-hybridized carbons (Fsp3) is 0.385. The van der Waals surface area contributed by atoms with Crippen LogP contribution in [0.3, 0.4) is 0 Å². The molecule has 1 aromatic heterocycles. The zero-order chi connectivity index (χ0) is 13.3. The van der Waals surface area contributed by atoms with Gasteiger partial charge in [-0.1, -0.05) is 31.1 Å². The first-order valence-corrected chi connectivity index (χ1v) is 5.84. The molecule has 0 bridgehead atoms. The van der Waals surface area contributed by atoms with Crippen LogP contribution < -0.4 is 5.73 Å². The van der Waals surface area contributed by atoms with E-state index in [4.69, 9.17) is 10.3 Å². The van der Waals surface area contributed by atoms with Crippen LogP contribution in [-0.4, -0.2) is 10.1 Å². The van der Waals surface area contributed by atoms with Crippen molar-refractivity contribution >= 4 is 12.4 Å². The zero-order valence-corrected chi connectivity index (χ0v) is 11.9. The lowest BCUT2D eigenvalue weighted by atomic mass is 10.1. The SMILES string of the molecule is Cc1ccc(-c2noc([C@H](N)C(C)C)n2)cc1F.Cl. The van der Waals surface area contributed by atoms with Gasteiger partial charge < -0.3 is 10.3 Å². The molecule has 4 nitrogen and oxygen atoms in total. The summed E-state index contributed by atoms with van der Waals surface area (Å²) in [5.41, 5.74) is 7.08. The molecular weight excluding hydrogens is 269 g/mol. The van der Waals surface area contributed by atoms with E-state index >= 15 is 0 Å². The van der Waals surface area contributed by atoms with E-state index in [0.29, 0.717) is 22.8 Å². The Kier molecular flexibility index (Phi) is 5.03. The molecule has 0 spiro atoms. The molecule has 19 heavy (non-hydrogen) atoms. The van der Waals surface area contributed by atoms with Crippen molar-refractivity contribution in [3.8, 4) is 11.4 Å². The van der Waals surface area contributed by atoms with E-state index < -0.39 is 0 Å². The molecule has 0 saturated heterocycles. The van der Waals surface area contributed by atoms with Gasteiger partial charge in [0.25, 0.3) is 0 Å². The Labute approximate surface area is 117 Å². The van der Waals surface area contributed by atoms with Gasteiger partial charge >= 0.3 is 0 Å². The third-order valence-electron chi connectivity index (χ3n) is 2.88. The summed E-state index contributed by atoms with van der Waals surface area (Å²) >= 11 is 0. The van der Waals surface area contributed by atoms with Crippen molar-refractivity contribution in [2.24, 2.45) is 11.7 Å². The standard InChI is InChI=1S/C13H16FN3O.ClH/c1-7(2)11(15)13-16-12(17-18-13)9-5-4-8(3)10(14)6-9;/h4-7,11H,15H2,1-3H3;1H/t11-;/m1./s1. The van der Waals surface area contributed by atoms with E-state index in [9.17, 15) is 4.39 Å². The third-order valence-corrected chi connectivity index (χ3v) is 2.88. The van der Waals surface area contributed by atoms with E-state index in [-0.39, 0.29) is 30.2 Å². The predicted molar refractivity (Wildman–Crippen MR) is 73.4 cm³/mol. The first-order chi connectivity index (χ1) is 8.49. The molecule has 0 radical (unpaired) electrons. The minimum atomic E-state index is -0.304. The molecule has 6 heteroatoms. The molecule has 104 valence electrons. The highest BCUT2D eigenvalue weighted by molar-refractivity contribution is 5.85. The largest absolute Gasteiger partial charge is 0.337 e. The lowest BCUT2D eigenvalue weighted by molar-refractivity contribution is 0.325. The normalized spacial score (nSPS) is 12.3. The van der Waals surface area contributed by atoms with Gasteiger partial charge in [0.15, 0.2) is 0 Å². The fourth-order valence-corrected chi connectivity index (χ4v) is 1.50. The second kappa shape index (κ2) is 6.12. The number of nitrogens with two attached hydrogens (primary N) is 1. The van der Waals surface area contributed by atoms with E-state index in [0.717, 1.165) is 0 Å². The molecule has 0 aliphatic rings. The highest BCUT2D eigenvalue weighted by Gasteiger charge is 2.18. The van der Waals surface area contributed by atoms with Crippen LogP contribution in [-0.2, 0) is 0 Å². The highest BCUT2D eigenvalue weighted by Crippen LogP contribution is 2.22. The molecule has 2 N–H and O–H groups in total. The molecule has 1 atom stereocenters. The maximum atomic E-state index is 13.4. The van der Waals surface area contributed by atoms with Gasteiger partial charge in [-0.3, -0.25) is 0 Å². The topological polar surface area (TPSA) is 64.9 Å². The molecule has 2 rings (SSSR count). The molecular formula is C13H17ClFN3O. The fourth-order valence-electron chi connectivity index (χ4n) is 1.50. The van der Waals surface area contributed by atoms with Gasteiger partial charge in [0, 0.05) is 5.56 Å². The van der Waals surface area contributed by atoms with E-state index in [2.05, 4.69) is 10.1 Å². The molecule has 1 aromatic carbocycles. The molecule has 0 unspecified atom stereocenters. The zero-order valence-electron chi connectivity index (χ0n) is 11.1. The van der Waals surface area contributed by atoms with Crippen LogP contribution in [0.15, 0.2) is 22.7 Å². The van der Waals surface area contributed by atoms with Gasteiger partial charge in [-0.15, -0.1) is 12.4 Å². The van der Waals surface area contributed by atoms with Gasteiger partial charge in [-0.05, 0) is 24.5 Å². The highest BCUT2D eigenvalue weighted by atomic mass is 35.5. The molecule has 1 heterocycles. The van der Waals surface area contributed by atoms with Crippen molar-refractivity contribution in [3.63, 3.8) is 0 Å². The van der Waals surface area contributed by atoms with Gasteiger partial charge in [0.2, 0.25) is 11.7 Å². The molecule has 2 aromatic rings. The first kappa shape index (κ1) is 15.6. The maximum Gasteiger partial charge on any atom is 0.244 e. The minimum Gasteiger partial charge on any atom is -0.337 e. The summed E-state index contributed by atoms with van der Waals surface area (Å²) in [5, 5.41) is 3.83. The molecule has 0 fully saturated rings. The Hall–Kier alpha value is -1.46. The summed E-state index contributed by atoms with van der Waals surface area (Å²) in [4.78, 5) is 4.20. The Bertz CT molecular complexity index is 557. The van der Waals surface area contributed by atoms with Crippen LogP contribution in [0.25, 0.3) is 11.4 Å². The monoisotopic (exact) mass is 285 g/mol. The molecule has 0 saturated carbocycles. The number of hydrogen-bond donors (Lipinski definition) is 1. The number of aryl methyl sites for hydroxylation is 1. The van der Waals surface area contributed by atoms with Crippen LogP contribution in [0.5, 0.6) is 0 Å². The first-order valence-electron chi connectivity index (χ1n) is 5.84. The van der Waals surface area contributed by atoms with E-state index in [1.165, 1.54) is 6.07 Å². The van der Waals surface area contributed by atoms with Crippen LogP contribution in [0.4, 0.5) is 4.39 Å².